The number of amides is 3. The molecule has 1 aromatic rings. The number of likely N-dealkylation sites (tertiary alicyclic amines) is 1. The van der Waals surface area contributed by atoms with E-state index >= 15 is 0 Å². The van der Waals surface area contributed by atoms with Crippen molar-refractivity contribution in [1.82, 2.24) is 15.5 Å². The summed E-state index contributed by atoms with van der Waals surface area (Å²) in [5.74, 6) is -1.40. The van der Waals surface area contributed by atoms with Crippen molar-refractivity contribution in [2.75, 3.05) is 13.6 Å². The summed E-state index contributed by atoms with van der Waals surface area (Å²) in [6.45, 7) is 3.48. The van der Waals surface area contributed by atoms with Crippen LogP contribution in [-0.2, 0) is 14.4 Å². The first-order chi connectivity index (χ1) is 11.8. The van der Waals surface area contributed by atoms with Crippen LogP contribution in [0.4, 0.5) is 4.39 Å². The monoisotopic (exact) mass is 367 g/mol. The molecule has 1 aromatic carbocycles. The highest BCUT2D eigenvalue weighted by Crippen LogP contribution is 2.33. The molecule has 8 heteroatoms. The Kier molecular flexibility index (Phi) is 6.14. The number of benzene rings is 1. The zero-order chi connectivity index (χ0) is 18.6. The van der Waals surface area contributed by atoms with E-state index in [4.69, 9.17) is 11.6 Å². The van der Waals surface area contributed by atoms with Gasteiger partial charge in [0.25, 0.3) is 0 Å². The lowest BCUT2D eigenvalue weighted by molar-refractivity contribution is -0.127. The quantitative estimate of drug-likeness (QED) is 0.749. The predicted octanol–water partition coefficient (Wildman–Crippen LogP) is 1.56. The van der Waals surface area contributed by atoms with Crippen LogP contribution in [0.1, 0.15) is 24.4 Å². The average molecular weight is 368 g/mol. The normalized spacial score (nSPS) is 19.6. The summed E-state index contributed by atoms with van der Waals surface area (Å²) in [5, 5.41) is 5.28. The summed E-state index contributed by atoms with van der Waals surface area (Å²) in [4.78, 5) is 36.6. The summed E-state index contributed by atoms with van der Waals surface area (Å²) in [6.07, 6.45) is 1.31. The van der Waals surface area contributed by atoms with Gasteiger partial charge in [0.2, 0.25) is 17.7 Å². The van der Waals surface area contributed by atoms with Crippen LogP contribution in [-0.4, -0.2) is 42.3 Å². The molecule has 6 nitrogen and oxygen atoms in total. The first-order valence-corrected chi connectivity index (χ1v) is 8.11. The van der Waals surface area contributed by atoms with Gasteiger partial charge < -0.3 is 15.5 Å². The summed E-state index contributed by atoms with van der Waals surface area (Å²) in [6, 6.07) is 3.36. The largest absolute Gasteiger partial charge is 0.352 e. The molecule has 2 atom stereocenters. The average Bonchev–Trinajstić information content (AvgIpc) is 2.84. The van der Waals surface area contributed by atoms with Crippen LogP contribution < -0.4 is 10.6 Å². The number of nitrogens with zero attached hydrogens (tertiary/aromatic N) is 1. The smallest absolute Gasteiger partial charge is 0.243 e. The van der Waals surface area contributed by atoms with Crippen LogP contribution in [0.3, 0.4) is 0 Å². The highest BCUT2D eigenvalue weighted by atomic mass is 35.5. The van der Waals surface area contributed by atoms with E-state index in [1.165, 1.54) is 17.0 Å². The molecule has 1 heterocycles. The van der Waals surface area contributed by atoms with Crippen LogP contribution in [0, 0.1) is 5.82 Å². The zero-order valence-corrected chi connectivity index (χ0v) is 14.5. The van der Waals surface area contributed by atoms with Crippen molar-refractivity contribution < 1.29 is 18.8 Å². The molecule has 0 radical (unpaired) electrons. The molecule has 0 aliphatic carbocycles. The number of hydrogen-bond donors (Lipinski definition) is 2. The molecule has 2 rings (SSSR count). The zero-order valence-electron chi connectivity index (χ0n) is 13.7. The minimum atomic E-state index is -0.580. The van der Waals surface area contributed by atoms with Crippen LogP contribution in [0.25, 0.3) is 0 Å². The third kappa shape index (κ3) is 4.57. The fourth-order valence-corrected chi connectivity index (χ4v) is 2.92. The third-order valence-electron chi connectivity index (χ3n) is 4.05. The maximum absolute atomic E-state index is 13.8. The fraction of sp³-hybridized carbons (Fsp3) is 0.353. The Hall–Kier alpha value is -2.41. The van der Waals surface area contributed by atoms with Gasteiger partial charge in [-0.15, -0.1) is 0 Å². The molecule has 0 saturated carbocycles. The molecule has 3 amide bonds. The van der Waals surface area contributed by atoms with Crippen molar-refractivity contribution in [3.8, 4) is 0 Å². The van der Waals surface area contributed by atoms with Gasteiger partial charge in [0.05, 0.1) is 17.1 Å². The van der Waals surface area contributed by atoms with E-state index in [9.17, 15) is 18.8 Å². The van der Waals surface area contributed by atoms with Crippen LogP contribution >= 0.6 is 11.6 Å². The number of hydrogen-bond acceptors (Lipinski definition) is 3. The molecular weight excluding hydrogens is 349 g/mol. The maximum Gasteiger partial charge on any atom is 0.243 e. The molecule has 0 unspecified atom stereocenters. The lowest BCUT2D eigenvalue weighted by Gasteiger charge is -2.26. The SMILES string of the molecule is C=CC(=O)NCCC(=O)N[C@H]1CC(=O)N(C)[C@@H]1c1ccc(Cl)c(F)c1. The van der Waals surface area contributed by atoms with E-state index in [1.807, 2.05) is 0 Å². The van der Waals surface area contributed by atoms with E-state index in [0.717, 1.165) is 6.08 Å². The van der Waals surface area contributed by atoms with Crippen molar-refractivity contribution >= 4 is 29.3 Å². The first kappa shape index (κ1) is 18.9. The first-order valence-electron chi connectivity index (χ1n) is 7.73. The molecule has 2 N–H and O–H groups in total. The lowest BCUT2D eigenvalue weighted by atomic mass is 10.00. The van der Waals surface area contributed by atoms with E-state index in [2.05, 4.69) is 17.2 Å². The van der Waals surface area contributed by atoms with Gasteiger partial charge >= 0.3 is 0 Å². The van der Waals surface area contributed by atoms with Gasteiger partial charge in [0.15, 0.2) is 0 Å². The molecule has 0 bridgehead atoms. The topological polar surface area (TPSA) is 78.5 Å². The summed E-state index contributed by atoms with van der Waals surface area (Å²) >= 11 is 5.70. The molecule has 1 aliphatic heterocycles. The number of carbonyl (C=O) groups excluding carboxylic acids is 3. The van der Waals surface area contributed by atoms with Crippen molar-refractivity contribution in [2.24, 2.45) is 0 Å². The van der Waals surface area contributed by atoms with E-state index in [-0.39, 0.29) is 42.1 Å². The van der Waals surface area contributed by atoms with Gasteiger partial charge in [-0.3, -0.25) is 14.4 Å². The molecule has 1 fully saturated rings. The molecule has 25 heavy (non-hydrogen) atoms. The fourth-order valence-electron chi connectivity index (χ4n) is 2.80. The lowest BCUT2D eigenvalue weighted by Crippen LogP contribution is -2.40. The standard InChI is InChI=1S/C17H19ClFN3O3/c1-3-14(23)20-7-6-15(24)21-13-9-16(25)22(2)17(13)10-4-5-11(18)12(19)8-10/h3-5,8,13,17H,1,6-7,9H2,2H3,(H,20,23)(H,21,24)/t13-,17+/m0/s1. The van der Waals surface area contributed by atoms with E-state index in [0.29, 0.717) is 5.56 Å². The number of halogens is 2. The molecule has 134 valence electrons. The Labute approximate surface area is 150 Å². The Morgan fingerprint density at radius 3 is 2.84 bits per heavy atom. The Morgan fingerprint density at radius 2 is 2.20 bits per heavy atom. The molecule has 1 saturated heterocycles. The molecular formula is C17H19ClFN3O3. The maximum atomic E-state index is 13.8. The second kappa shape index (κ2) is 8.11. The van der Waals surface area contributed by atoms with Crippen molar-refractivity contribution in [3.63, 3.8) is 0 Å². The molecule has 1 aliphatic rings. The van der Waals surface area contributed by atoms with Gasteiger partial charge in [-0.25, -0.2) is 4.39 Å². The van der Waals surface area contributed by atoms with Crippen molar-refractivity contribution in [1.29, 1.82) is 0 Å². The number of rotatable bonds is 6. The van der Waals surface area contributed by atoms with Crippen LogP contribution in [0.5, 0.6) is 0 Å². The minimum absolute atomic E-state index is 0.00530. The second-order valence-electron chi connectivity index (χ2n) is 5.75. The number of carbonyl (C=O) groups is 3. The van der Waals surface area contributed by atoms with E-state index in [1.54, 1.807) is 13.1 Å². The second-order valence-corrected chi connectivity index (χ2v) is 6.15. The predicted molar refractivity (Wildman–Crippen MR) is 91.3 cm³/mol. The van der Waals surface area contributed by atoms with Crippen LogP contribution in [0.2, 0.25) is 5.02 Å². The van der Waals surface area contributed by atoms with Gasteiger partial charge in [-0.1, -0.05) is 24.2 Å². The number of nitrogens with one attached hydrogen (secondary N) is 2. The molecule has 0 spiro atoms. The van der Waals surface area contributed by atoms with Gasteiger partial charge in [0, 0.05) is 26.4 Å². The highest BCUT2D eigenvalue weighted by Gasteiger charge is 2.39. The molecule has 0 aromatic heterocycles. The Morgan fingerprint density at radius 1 is 1.48 bits per heavy atom. The Bertz CT molecular complexity index is 710. The summed E-state index contributed by atoms with van der Waals surface area (Å²) < 4.78 is 13.8. The van der Waals surface area contributed by atoms with Gasteiger partial charge in [-0.2, -0.15) is 0 Å². The minimum Gasteiger partial charge on any atom is -0.352 e. The van der Waals surface area contributed by atoms with Crippen molar-refractivity contribution in [2.45, 2.75) is 24.9 Å². The van der Waals surface area contributed by atoms with Gasteiger partial charge in [-0.05, 0) is 23.8 Å². The Balaban J connectivity index is 2.06. The third-order valence-corrected chi connectivity index (χ3v) is 4.36. The van der Waals surface area contributed by atoms with Crippen LogP contribution in [0.15, 0.2) is 30.9 Å². The van der Waals surface area contributed by atoms with E-state index < -0.39 is 17.9 Å². The van der Waals surface area contributed by atoms with Crippen molar-refractivity contribution in [3.05, 3.63) is 47.3 Å². The van der Waals surface area contributed by atoms with Gasteiger partial charge in [0.1, 0.15) is 5.82 Å². The highest BCUT2D eigenvalue weighted by molar-refractivity contribution is 6.30. The summed E-state index contributed by atoms with van der Waals surface area (Å²) in [5.41, 5.74) is 0.556. The summed E-state index contributed by atoms with van der Waals surface area (Å²) in [7, 11) is 1.61. The number of likely N-dealkylation sites (N-methyl/N-ethyl adjacent to an activating group) is 1.